The minimum atomic E-state index is -1.27. The zero-order chi connectivity index (χ0) is 25.3. The van der Waals surface area contributed by atoms with Gasteiger partial charge in [-0.1, -0.05) is 18.9 Å². The molecule has 5 N–H and O–H groups in total. The molecule has 8 nitrogen and oxygen atoms in total. The molecule has 2 aromatic carbocycles. The van der Waals surface area contributed by atoms with Gasteiger partial charge in [0.25, 0.3) is 11.8 Å². The number of nitrogens with zero attached hydrogens (tertiary/aromatic N) is 2. The molecular formula is C24H24F3N5O3. The lowest BCUT2D eigenvalue weighted by Crippen LogP contribution is -2.24. The Labute approximate surface area is 199 Å². The Kier molecular flexibility index (Phi) is 6.68. The van der Waals surface area contributed by atoms with Crippen molar-refractivity contribution >= 4 is 17.6 Å². The van der Waals surface area contributed by atoms with Crippen molar-refractivity contribution in [2.24, 2.45) is 5.73 Å². The average Bonchev–Trinajstić information content (AvgIpc) is 3.47. The fourth-order valence-corrected chi connectivity index (χ4v) is 4.34. The van der Waals surface area contributed by atoms with Gasteiger partial charge in [-0.25, -0.2) is 17.9 Å². The molecule has 0 saturated heterocycles. The molecule has 1 aliphatic carbocycles. The second kappa shape index (κ2) is 9.69. The Morgan fingerprint density at radius 2 is 1.86 bits per heavy atom. The minimum absolute atomic E-state index is 0.0135. The molecule has 1 saturated carbocycles. The van der Waals surface area contributed by atoms with E-state index in [-0.39, 0.29) is 52.1 Å². The quantitative estimate of drug-likeness (QED) is 0.469. The third kappa shape index (κ3) is 4.53. The summed E-state index contributed by atoms with van der Waals surface area (Å²) in [5.74, 6) is -4.65. The van der Waals surface area contributed by atoms with Gasteiger partial charge in [0.2, 0.25) is 0 Å². The fraction of sp³-hybridized carbons (Fsp3) is 0.292. The van der Waals surface area contributed by atoms with Gasteiger partial charge in [-0.15, -0.1) is 0 Å². The second-order valence-corrected chi connectivity index (χ2v) is 8.28. The lowest BCUT2D eigenvalue weighted by atomic mass is 10.0. The zero-order valence-corrected chi connectivity index (χ0v) is 18.9. The predicted octanol–water partition coefficient (Wildman–Crippen LogP) is 3.70. The van der Waals surface area contributed by atoms with E-state index in [1.165, 1.54) is 30.0 Å². The van der Waals surface area contributed by atoms with E-state index in [0.29, 0.717) is 0 Å². The number of nitrogen functional groups attached to an aromatic ring is 1. The minimum Gasteiger partial charge on any atom is -0.496 e. The third-order valence-corrected chi connectivity index (χ3v) is 6.13. The van der Waals surface area contributed by atoms with Gasteiger partial charge < -0.3 is 21.5 Å². The second-order valence-electron chi connectivity index (χ2n) is 8.28. The molecule has 0 unspecified atom stereocenters. The summed E-state index contributed by atoms with van der Waals surface area (Å²) in [5.41, 5.74) is 10.7. The van der Waals surface area contributed by atoms with Crippen molar-refractivity contribution in [1.29, 1.82) is 0 Å². The number of primary amides is 1. The number of hydrogen-bond acceptors (Lipinski definition) is 5. The number of nitrogens with one attached hydrogen (secondary N) is 1. The van der Waals surface area contributed by atoms with Crippen LogP contribution in [0.3, 0.4) is 0 Å². The largest absolute Gasteiger partial charge is 0.496 e. The number of halogens is 3. The SMILES string of the molecule is COc1ccc(F)cc1C(=O)NCc1ccc(-c2nn(C3CCCC3)c(N)c2C(N)=O)c(F)c1F. The molecule has 11 heteroatoms. The van der Waals surface area contributed by atoms with Crippen LogP contribution in [0.15, 0.2) is 30.3 Å². The van der Waals surface area contributed by atoms with Gasteiger partial charge in [-0.3, -0.25) is 9.59 Å². The first kappa shape index (κ1) is 24.1. The van der Waals surface area contributed by atoms with Crippen molar-refractivity contribution in [3.63, 3.8) is 0 Å². The van der Waals surface area contributed by atoms with E-state index in [4.69, 9.17) is 16.2 Å². The number of anilines is 1. The Bertz CT molecular complexity index is 1300. The summed E-state index contributed by atoms with van der Waals surface area (Å²) in [5, 5.41) is 6.74. The van der Waals surface area contributed by atoms with E-state index >= 15 is 4.39 Å². The molecule has 0 spiro atoms. The number of nitrogens with two attached hydrogens (primary N) is 2. The number of benzene rings is 2. The number of methoxy groups -OCH3 is 1. The number of hydrogen-bond donors (Lipinski definition) is 3. The van der Waals surface area contributed by atoms with E-state index in [1.54, 1.807) is 0 Å². The summed E-state index contributed by atoms with van der Waals surface area (Å²) in [7, 11) is 1.32. The summed E-state index contributed by atoms with van der Waals surface area (Å²) in [6.07, 6.45) is 3.54. The summed E-state index contributed by atoms with van der Waals surface area (Å²) in [6.45, 7) is -0.386. The number of carbonyl (C=O) groups excluding carboxylic acids is 2. The number of amides is 2. The summed E-state index contributed by atoms with van der Waals surface area (Å²) < 4.78 is 50.1. The van der Waals surface area contributed by atoms with Crippen LogP contribution in [0.4, 0.5) is 19.0 Å². The highest BCUT2D eigenvalue weighted by atomic mass is 19.2. The maximum absolute atomic E-state index is 15.1. The molecule has 1 fully saturated rings. The molecule has 1 heterocycles. The van der Waals surface area contributed by atoms with Crippen LogP contribution in [-0.4, -0.2) is 28.7 Å². The van der Waals surface area contributed by atoms with Gasteiger partial charge in [0.15, 0.2) is 11.6 Å². The molecule has 4 rings (SSSR count). The highest BCUT2D eigenvalue weighted by molar-refractivity contribution is 6.03. The molecule has 0 radical (unpaired) electrons. The topological polar surface area (TPSA) is 125 Å². The molecule has 0 atom stereocenters. The average molecular weight is 487 g/mol. The van der Waals surface area contributed by atoms with Gasteiger partial charge in [-0.2, -0.15) is 5.10 Å². The zero-order valence-electron chi connectivity index (χ0n) is 18.9. The Morgan fingerprint density at radius 3 is 2.51 bits per heavy atom. The normalized spacial score (nSPS) is 13.7. The monoisotopic (exact) mass is 487 g/mol. The van der Waals surface area contributed by atoms with Crippen LogP contribution in [0.2, 0.25) is 0 Å². The fourth-order valence-electron chi connectivity index (χ4n) is 4.34. The van der Waals surface area contributed by atoms with Crippen LogP contribution in [0.5, 0.6) is 5.75 Å². The van der Waals surface area contributed by atoms with Crippen LogP contribution in [0, 0.1) is 17.5 Å². The van der Waals surface area contributed by atoms with E-state index in [1.807, 2.05) is 0 Å². The number of rotatable bonds is 7. The van der Waals surface area contributed by atoms with Crippen molar-refractivity contribution in [2.45, 2.75) is 38.3 Å². The van der Waals surface area contributed by atoms with E-state index in [2.05, 4.69) is 10.4 Å². The van der Waals surface area contributed by atoms with Crippen LogP contribution >= 0.6 is 0 Å². The van der Waals surface area contributed by atoms with Gasteiger partial charge in [0, 0.05) is 17.7 Å². The van der Waals surface area contributed by atoms with E-state index in [9.17, 15) is 18.4 Å². The summed E-state index contributed by atoms with van der Waals surface area (Å²) >= 11 is 0. The Balaban J connectivity index is 1.63. The molecule has 0 bridgehead atoms. The van der Waals surface area contributed by atoms with Crippen molar-refractivity contribution in [1.82, 2.24) is 15.1 Å². The van der Waals surface area contributed by atoms with Crippen LogP contribution in [-0.2, 0) is 6.54 Å². The lowest BCUT2D eigenvalue weighted by Gasteiger charge is -2.12. The maximum atomic E-state index is 15.1. The molecular weight excluding hydrogens is 463 g/mol. The third-order valence-electron chi connectivity index (χ3n) is 6.13. The molecule has 1 aromatic heterocycles. The Hall–Kier alpha value is -4.02. The summed E-state index contributed by atoms with van der Waals surface area (Å²) in [4.78, 5) is 24.6. The van der Waals surface area contributed by atoms with Gasteiger partial charge >= 0.3 is 0 Å². The van der Waals surface area contributed by atoms with Crippen molar-refractivity contribution in [3.05, 3.63) is 64.5 Å². The number of carbonyl (C=O) groups is 2. The standard InChI is InChI=1S/C24H24F3N5O3/c1-35-17-9-7-13(25)10-16(17)24(34)30-11-12-6-8-15(20(27)19(12)26)21-18(23(29)33)22(28)32(31-21)14-4-2-3-5-14/h6-10,14H,2-5,11,28H2,1H3,(H2,29,33)(H,30,34). The lowest BCUT2D eigenvalue weighted by molar-refractivity contribution is 0.0945. The maximum Gasteiger partial charge on any atom is 0.255 e. The molecule has 3 aromatic rings. The molecule has 2 amide bonds. The highest BCUT2D eigenvalue weighted by Crippen LogP contribution is 2.36. The first-order valence-electron chi connectivity index (χ1n) is 11.0. The van der Waals surface area contributed by atoms with Gasteiger partial charge in [0.05, 0.1) is 18.7 Å². The molecule has 1 aliphatic rings. The van der Waals surface area contributed by atoms with Gasteiger partial charge in [-0.05, 0) is 37.1 Å². The highest BCUT2D eigenvalue weighted by Gasteiger charge is 2.29. The first-order chi connectivity index (χ1) is 16.7. The van der Waals surface area contributed by atoms with Gasteiger partial charge in [0.1, 0.15) is 28.6 Å². The van der Waals surface area contributed by atoms with Crippen molar-refractivity contribution in [2.75, 3.05) is 12.8 Å². The van der Waals surface area contributed by atoms with Crippen LogP contribution in [0.1, 0.15) is 58.0 Å². The van der Waals surface area contributed by atoms with E-state index < -0.39 is 29.3 Å². The van der Waals surface area contributed by atoms with Crippen molar-refractivity contribution < 1.29 is 27.5 Å². The van der Waals surface area contributed by atoms with Crippen molar-refractivity contribution in [3.8, 4) is 17.0 Å². The van der Waals surface area contributed by atoms with Crippen LogP contribution in [0.25, 0.3) is 11.3 Å². The number of aromatic nitrogens is 2. The molecule has 35 heavy (non-hydrogen) atoms. The van der Waals surface area contributed by atoms with Crippen LogP contribution < -0.4 is 21.5 Å². The predicted molar refractivity (Wildman–Crippen MR) is 122 cm³/mol. The van der Waals surface area contributed by atoms with E-state index in [0.717, 1.165) is 37.8 Å². The Morgan fingerprint density at radius 1 is 1.14 bits per heavy atom. The smallest absolute Gasteiger partial charge is 0.255 e. The summed E-state index contributed by atoms with van der Waals surface area (Å²) in [6, 6.07) is 5.84. The number of ether oxygens (including phenoxy) is 1. The first-order valence-corrected chi connectivity index (χ1v) is 11.0. The molecule has 0 aliphatic heterocycles. The molecule has 184 valence electrons.